The molecule has 0 saturated heterocycles. The third kappa shape index (κ3) is 15.2. The molecular formula is C2H4BrMn-. The predicted octanol–water partition coefficient (Wildman–Crippen LogP) is 1.18. The monoisotopic (exact) mass is 162 g/mol. The molecule has 0 bridgehead atoms. The van der Waals surface area contributed by atoms with Crippen LogP contribution in [0.15, 0.2) is 6.58 Å². The number of hydrogen-bond donors (Lipinski definition) is 0. The second-order valence-electron chi connectivity index (χ2n) is 0. The van der Waals surface area contributed by atoms with Gasteiger partial charge in [-0.2, -0.15) is 0 Å². The Hall–Kier alpha value is 0.739. The van der Waals surface area contributed by atoms with E-state index in [1.165, 1.54) is 0 Å². The van der Waals surface area contributed by atoms with Crippen LogP contribution in [-0.2, 0) is 17.1 Å². The maximum absolute atomic E-state index is 4.25. The van der Waals surface area contributed by atoms with E-state index in [4.69, 9.17) is 0 Å². The molecule has 0 rings (SSSR count). The van der Waals surface area contributed by atoms with Crippen LogP contribution in [0.4, 0.5) is 0 Å². The van der Waals surface area contributed by atoms with Gasteiger partial charge in [-0.25, -0.2) is 0 Å². The minimum atomic E-state index is 0. The average molecular weight is 163 g/mol. The van der Waals surface area contributed by atoms with Gasteiger partial charge in [-0.1, -0.05) is 0 Å². The van der Waals surface area contributed by atoms with E-state index in [1.54, 1.807) is 0 Å². The summed E-state index contributed by atoms with van der Waals surface area (Å²) in [4.78, 5) is 0. The van der Waals surface area contributed by atoms with Crippen LogP contribution in [0, 0.1) is 6.58 Å². The molecule has 0 saturated carbocycles. The van der Waals surface area contributed by atoms with Gasteiger partial charge < -0.3 is 6.58 Å². The predicted molar refractivity (Wildman–Crippen MR) is 20.2 cm³/mol. The summed E-state index contributed by atoms with van der Waals surface area (Å²) in [5.74, 6) is 0. The molecule has 0 aliphatic heterocycles. The van der Waals surface area contributed by atoms with Gasteiger partial charge in [0, 0.05) is 17.1 Å². The quantitative estimate of drug-likeness (QED) is 0.371. The van der Waals surface area contributed by atoms with E-state index in [2.05, 4.69) is 13.2 Å². The van der Waals surface area contributed by atoms with Crippen LogP contribution in [0.25, 0.3) is 0 Å². The third-order valence-corrected chi connectivity index (χ3v) is 0. The van der Waals surface area contributed by atoms with Crippen LogP contribution in [0.2, 0.25) is 0 Å². The maximum Gasteiger partial charge on any atom is 0 e. The topological polar surface area (TPSA) is 0 Å². The van der Waals surface area contributed by atoms with Crippen molar-refractivity contribution in [3.63, 3.8) is 0 Å². The Morgan fingerprint density at radius 1 is 1.25 bits per heavy atom. The fourth-order valence-electron chi connectivity index (χ4n) is 0. The Bertz CT molecular complexity index is 6.00. The normalized spacial score (nSPS) is 1.00. The second kappa shape index (κ2) is 51.3. The Kier molecular flexibility index (Phi) is 281. The molecule has 0 amide bonds. The van der Waals surface area contributed by atoms with Gasteiger partial charge in [-0.05, 0) is 0 Å². The molecule has 0 aliphatic carbocycles. The van der Waals surface area contributed by atoms with Gasteiger partial charge in [0.2, 0.25) is 0 Å². The van der Waals surface area contributed by atoms with Crippen LogP contribution in [-0.4, -0.2) is 0 Å². The van der Waals surface area contributed by atoms with Crippen molar-refractivity contribution in [2.24, 2.45) is 0 Å². The number of halogens is 1. The van der Waals surface area contributed by atoms with E-state index in [0.29, 0.717) is 0 Å². The largest absolute Gasteiger partial charge is 0.521 e. The van der Waals surface area contributed by atoms with E-state index in [-0.39, 0.29) is 34.1 Å². The summed E-state index contributed by atoms with van der Waals surface area (Å²) in [7, 11) is 0. The average Bonchev–Trinajstić information content (AvgIpc) is 1.00. The molecule has 0 heterocycles. The SMILES string of the molecule is Br.[CH-]=C.[Mn]. The smallest absolute Gasteiger partial charge is 0 e. The molecule has 0 aliphatic rings. The zero-order chi connectivity index (χ0) is 2.00. The Labute approximate surface area is 47.5 Å². The first-order valence-electron chi connectivity index (χ1n) is 0.408. The van der Waals surface area contributed by atoms with E-state index >= 15 is 0 Å². The van der Waals surface area contributed by atoms with Gasteiger partial charge in [0.25, 0.3) is 0 Å². The van der Waals surface area contributed by atoms with Crippen molar-refractivity contribution in [2.75, 3.05) is 0 Å². The van der Waals surface area contributed by atoms with Gasteiger partial charge in [-0.15, -0.1) is 17.0 Å². The van der Waals surface area contributed by atoms with Crippen LogP contribution in [0.3, 0.4) is 0 Å². The summed E-state index contributed by atoms with van der Waals surface area (Å²) in [5, 5.41) is 0. The summed E-state index contributed by atoms with van der Waals surface area (Å²) in [6, 6.07) is 0. The molecular weight excluding hydrogens is 159 g/mol. The summed E-state index contributed by atoms with van der Waals surface area (Å²) < 4.78 is 0. The third-order valence-electron chi connectivity index (χ3n) is 0. The fraction of sp³-hybridized carbons (Fsp3) is 0. The Balaban J connectivity index is -0.00000000500. The molecule has 0 aromatic heterocycles. The van der Waals surface area contributed by atoms with Gasteiger partial charge in [0.1, 0.15) is 0 Å². The molecule has 1 radical (unpaired) electrons. The molecule has 0 fully saturated rings. The minimum Gasteiger partial charge on any atom is -0.521 e. The molecule has 0 spiro atoms. The first-order chi connectivity index (χ1) is 1.00. The molecule has 27 valence electrons. The maximum atomic E-state index is 4.25. The second-order valence-corrected chi connectivity index (χ2v) is 0. The zero-order valence-electron chi connectivity index (χ0n) is 2.07. The number of hydrogen-bond acceptors (Lipinski definition) is 0. The molecule has 2 heteroatoms. The van der Waals surface area contributed by atoms with Crippen LogP contribution in [0.5, 0.6) is 0 Å². The molecule has 0 atom stereocenters. The van der Waals surface area contributed by atoms with E-state index in [0.717, 1.165) is 0 Å². The summed E-state index contributed by atoms with van der Waals surface area (Å²) in [6.07, 6.45) is 0. The van der Waals surface area contributed by atoms with Crippen LogP contribution < -0.4 is 0 Å². The van der Waals surface area contributed by atoms with Gasteiger partial charge in [0.05, 0.1) is 0 Å². The molecule has 0 unspecified atom stereocenters. The van der Waals surface area contributed by atoms with Crippen molar-refractivity contribution in [3.8, 4) is 0 Å². The summed E-state index contributed by atoms with van der Waals surface area (Å²) >= 11 is 0. The van der Waals surface area contributed by atoms with E-state index in [1.807, 2.05) is 0 Å². The van der Waals surface area contributed by atoms with E-state index < -0.39 is 0 Å². The first-order valence-corrected chi connectivity index (χ1v) is 0.408. The van der Waals surface area contributed by atoms with Gasteiger partial charge in [0.15, 0.2) is 0 Å². The van der Waals surface area contributed by atoms with Crippen molar-refractivity contribution >= 4 is 17.0 Å². The van der Waals surface area contributed by atoms with Crippen molar-refractivity contribution < 1.29 is 17.1 Å². The molecule has 4 heavy (non-hydrogen) atoms. The molecule has 0 N–H and O–H groups in total. The molecule has 0 aromatic rings. The van der Waals surface area contributed by atoms with Gasteiger partial charge in [-0.3, -0.25) is 6.58 Å². The molecule has 0 aromatic carbocycles. The van der Waals surface area contributed by atoms with Gasteiger partial charge >= 0.3 is 0 Å². The Morgan fingerprint density at radius 3 is 1.25 bits per heavy atom. The summed E-state index contributed by atoms with van der Waals surface area (Å²) in [6.45, 7) is 7.00. The van der Waals surface area contributed by atoms with Crippen molar-refractivity contribution in [1.29, 1.82) is 0 Å². The van der Waals surface area contributed by atoms with Crippen molar-refractivity contribution in [1.82, 2.24) is 0 Å². The van der Waals surface area contributed by atoms with Crippen molar-refractivity contribution in [3.05, 3.63) is 13.2 Å². The van der Waals surface area contributed by atoms with Crippen LogP contribution >= 0.6 is 17.0 Å². The van der Waals surface area contributed by atoms with Crippen molar-refractivity contribution in [2.45, 2.75) is 0 Å². The first kappa shape index (κ1) is 21.9. The molecule has 0 nitrogen and oxygen atoms in total. The van der Waals surface area contributed by atoms with Crippen LogP contribution in [0.1, 0.15) is 0 Å². The summed E-state index contributed by atoms with van der Waals surface area (Å²) in [5.41, 5.74) is 0. The standard InChI is InChI=1S/C2H3.BrH.Mn/c1-2;;/h1H,2H2;1H;/q-1;;. The minimum absolute atomic E-state index is 0. The number of rotatable bonds is 0. The Morgan fingerprint density at radius 2 is 1.25 bits per heavy atom. The zero-order valence-corrected chi connectivity index (χ0v) is 4.96. The fourth-order valence-corrected chi connectivity index (χ4v) is 0. The van der Waals surface area contributed by atoms with E-state index in [9.17, 15) is 0 Å².